The number of amides is 1. The fraction of sp³-hybridized carbons (Fsp3) is 0.500. The van der Waals surface area contributed by atoms with E-state index in [2.05, 4.69) is 10.2 Å². The molecule has 2 aliphatic rings. The summed E-state index contributed by atoms with van der Waals surface area (Å²) in [4.78, 5) is 25.9. The van der Waals surface area contributed by atoms with Crippen LogP contribution in [0.1, 0.15) is 19.3 Å². The lowest BCUT2D eigenvalue weighted by atomic mass is 10.0. The van der Waals surface area contributed by atoms with Gasteiger partial charge in [0, 0.05) is 23.6 Å². The second kappa shape index (κ2) is 8.16. The summed E-state index contributed by atoms with van der Waals surface area (Å²) in [5, 5.41) is 3.59. The first-order valence-electron chi connectivity index (χ1n) is 9.80. The fourth-order valence-corrected chi connectivity index (χ4v) is 6.06. The number of likely N-dealkylation sites (tertiary alicyclic amines) is 1. The molecule has 1 aromatic carbocycles. The minimum atomic E-state index is -3.17. The summed E-state index contributed by atoms with van der Waals surface area (Å²) in [6, 6.07) is 7.36. The zero-order chi connectivity index (χ0) is 20.4. The van der Waals surface area contributed by atoms with Gasteiger partial charge in [-0.15, -0.1) is 0 Å². The Balaban J connectivity index is 1.38. The first kappa shape index (κ1) is 19.9. The highest BCUT2D eigenvalue weighted by Gasteiger charge is 2.41. The largest absolute Gasteiger partial charge is 0.484 e. The number of rotatable bonds is 5. The van der Waals surface area contributed by atoms with E-state index in [1.807, 2.05) is 0 Å². The minimum absolute atomic E-state index is 0.0406. The van der Waals surface area contributed by atoms with Gasteiger partial charge in [0.15, 0.2) is 16.4 Å². The first-order valence-corrected chi connectivity index (χ1v) is 11.6. The lowest BCUT2D eigenvalue weighted by Gasteiger charge is -2.34. The number of ether oxygens (including phenoxy) is 1. The van der Waals surface area contributed by atoms with Crippen molar-refractivity contribution in [3.63, 3.8) is 0 Å². The molecule has 0 spiro atoms. The van der Waals surface area contributed by atoms with Crippen LogP contribution in [0, 0.1) is 0 Å². The van der Waals surface area contributed by atoms with E-state index in [9.17, 15) is 18.0 Å². The van der Waals surface area contributed by atoms with E-state index in [-0.39, 0.29) is 30.1 Å². The molecular weight excluding hydrogens is 396 g/mol. The number of nitrogens with one attached hydrogen (secondary N) is 1. The van der Waals surface area contributed by atoms with Crippen molar-refractivity contribution in [3.05, 3.63) is 40.8 Å². The number of piperidine rings is 1. The van der Waals surface area contributed by atoms with Crippen molar-refractivity contribution in [2.75, 3.05) is 31.2 Å². The van der Waals surface area contributed by atoms with Crippen LogP contribution in [0.4, 0.5) is 0 Å². The van der Waals surface area contributed by atoms with Crippen LogP contribution in [-0.4, -0.2) is 62.5 Å². The summed E-state index contributed by atoms with van der Waals surface area (Å²) in [7, 11) is -3.17. The molecule has 2 saturated heterocycles. The average Bonchev–Trinajstić information content (AvgIpc) is 3.00. The molecule has 0 saturated carbocycles. The van der Waals surface area contributed by atoms with Crippen LogP contribution in [0.15, 0.2) is 39.5 Å². The smallest absolute Gasteiger partial charge is 0.336 e. The molecule has 29 heavy (non-hydrogen) atoms. The zero-order valence-electron chi connectivity index (χ0n) is 16.0. The molecule has 9 heteroatoms. The molecular formula is C20H24N2O6S. The number of hydrogen-bond donors (Lipinski definition) is 1. The molecule has 2 unspecified atom stereocenters. The van der Waals surface area contributed by atoms with Gasteiger partial charge in [0.25, 0.3) is 5.91 Å². The summed E-state index contributed by atoms with van der Waals surface area (Å²) in [5.41, 5.74) is -0.0824. The third-order valence-electron chi connectivity index (χ3n) is 5.49. The predicted octanol–water partition coefficient (Wildman–Crippen LogP) is 0.939. The summed E-state index contributed by atoms with van der Waals surface area (Å²) in [6.45, 7) is 1.49. The van der Waals surface area contributed by atoms with Crippen LogP contribution in [0.2, 0.25) is 0 Å². The van der Waals surface area contributed by atoms with Crippen molar-refractivity contribution >= 4 is 26.7 Å². The minimum Gasteiger partial charge on any atom is -0.484 e. The van der Waals surface area contributed by atoms with Gasteiger partial charge in [0.1, 0.15) is 11.3 Å². The normalized spacial score (nSPS) is 24.4. The van der Waals surface area contributed by atoms with Crippen LogP contribution < -0.4 is 15.7 Å². The predicted molar refractivity (Wildman–Crippen MR) is 108 cm³/mol. The standard InChI is InChI=1S/C20H24N2O6S/c23-19(11-27-15-6-4-14-5-7-20(24)28-18(14)10-15)21-16-12-29(25,26)13-17(16)22-8-2-1-3-9-22/h4-7,10,16-17H,1-3,8-9,11-13H2,(H,21,23). The number of benzene rings is 1. The Bertz CT molecular complexity index is 1060. The van der Waals surface area contributed by atoms with E-state index in [0.29, 0.717) is 11.3 Å². The summed E-state index contributed by atoms with van der Waals surface area (Å²) in [5.74, 6) is 0.0705. The SMILES string of the molecule is O=C(COc1ccc2ccc(=O)oc2c1)NC1CS(=O)(=O)CC1N1CCCCC1. The van der Waals surface area contributed by atoms with Crippen molar-refractivity contribution in [1.29, 1.82) is 0 Å². The van der Waals surface area contributed by atoms with Gasteiger partial charge in [-0.25, -0.2) is 13.2 Å². The molecule has 0 bridgehead atoms. The van der Waals surface area contributed by atoms with E-state index in [0.717, 1.165) is 37.7 Å². The van der Waals surface area contributed by atoms with Crippen LogP contribution in [0.5, 0.6) is 5.75 Å². The van der Waals surface area contributed by atoms with E-state index >= 15 is 0 Å². The highest BCUT2D eigenvalue weighted by atomic mass is 32.2. The Labute approximate surface area is 168 Å². The van der Waals surface area contributed by atoms with Crippen molar-refractivity contribution in [2.24, 2.45) is 0 Å². The molecule has 0 aliphatic carbocycles. The van der Waals surface area contributed by atoms with Gasteiger partial charge in [0.2, 0.25) is 0 Å². The number of carbonyl (C=O) groups is 1. The highest BCUT2D eigenvalue weighted by Crippen LogP contribution is 2.23. The Morgan fingerprint density at radius 2 is 1.90 bits per heavy atom. The Morgan fingerprint density at radius 3 is 2.69 bits per heavy atom. The van der Waals surface area contributed by atoms with Gasteiger partial charge >= 0.3 is 5.63 Å². The van der Waals surface area contributed by atoms with E-state index in [1.54, 1.807) is 24.3 Å². The summed E-state index contributed by atoms with van der Waals surface area (Å²) >= 11 is 0. The maximum absolute atomic E-state index is 12.4. The van der Waals surface area contributed by atoms with Crippen molar-refractivity contribution in [2.45, 2.75) is 31.3 Å². The molecule has 0 radical (unpaired) electrons. The Morgan fingerprint density at radius 1 is 1.14 bits per heavy atom. The monoisotopic (exact) mass is 420 g/mol. The molecule has 2 aromatic rings. The summed E-state index contributed by atoms with van der Waals surface area (Å²) in [6.07, 6.45) is 3.27. The second-order valence-corrected chi connectivity index (χ2v) is 9.81. The maximum atomic E-state index is 12.4. The topological polar surface area (TPSA) is 106 Å². The summed E-state index contributed by atoms with van der Waals surface area (Å²) < 4.78 is 35.0. The lowest BCUT2D eigenvalue weighted by Crippen LogP contribution is -2.53. The lowest BCUT2D eigenvalue weighted by molar-refractivity contribution is -0.124. The molecule has 3 heterocycles. The van der Waals surface area contributed by atoms with Gasteiger partial charge in [0.05, 0.1) is 17.5 Å². The molecule has 8 nitrogen and oxygen atoms in total. The van der Waals surface area contributed by atoms with Crippen molar-refractivity contribution in [1.82, 2.24) is 10.2 Å². The molecule has 156 valence electrons. The van der Waals surface area contributed by atoms with Gasteiger partial charge in [-0.05, 0) is 44.1 Å². The van der Waals surface area contributed by atoms with E-state index in [1.165, 1.54) is 6.07 Å². The van der Waals surface area contributed by atoms with Gasteiger partial charge in [-0.1, -0.05) is 6.42 Å². The third kappa shape index (κ3) is 4.79. The van der Waals surface area contributed by atoms with Crippen molar-refractivity contribution in [3.8, 4) is 5.75 Å². The molecule has 2 atom stereocenters. The van der Waals surface area contributed by atoms with Crippen molar-refractivity contribution < 1.29 is 22.4 Å². The number of fused-ring (bicyclic) bond motifs is 1. The number of hydrogen-bond acceptors (Lipinski definition) is 7. The fourth-order valence-electron chi connectivity index (χ4n) is 4.10. The average molecular weight is 420 g/mol. The Kier molecular flexibility index (Phi) is 5.60. The van der Waals surface area contributed by atoms with Crippen LogP contribution in [0.3, 0.4) is 0 Å². The molecule has 1 N–H and O–H groups in total. The third-order valence-corrected chi connectivity index (χ3v) is 7.21. The molecule has 1 aromatic heterocycles. The number of nitrogens with zero attached hydrogens (tertiary/aromatic N) is 1. The molecule has 1 amide bonds. The maximum Gasteiger partial charge on any atom is 0.336 e. The van der Waals surface area contributed by atoms with E-state index < -0.39 is 21.5 Å². The van der Waals surface area contributed by atoms with E-state index in [4.69, 9.17) is 9.15 Å². The van der Waals surface area contributed by atoms with Crippen LogP contribution in [0.25, 0.3) is 11.0 Å². The van der Waals surface area contributed by atoms with Gasteiger partial charge < -0.3 is 14.5 Å². The Hall–Kier alpha value is -2.39. The highest BCUT2D eigenvalue weighted by molar-refractivity contribution is 7.91. The van der Waals surface area contributed by atoms with Crippen LogP contribution in [-0.2, 0) is 14.6 Å². The quantitative estimate of drug-likeness (QED) is 0.718. The van der Waals surface area contributed by atoms with Crippen LogP contribution >= 0.6 is 0 Å². The molecule has 2 aliphatic heterocycles. The molecule has 4 rings (SSSR count). The van der Waals surface area contributed by atoms with Gasteiger partial charge in [-0.3, -0.25) is 9.69 Å². The second-order valence-electron chi connectivity index (χ2n) is 7.66. The number of sulfone groups is 1. The first-order chi connectivity index (χ1) is 13.9. The molecule has 2 fully saturated rings. The van der Waals surface area contributed by atoms with Gasteiger partial charge in [-0.2, -0.15) is 0 Å². The number of carbonyl (C=O) groups excluding carboxylic acids is 1. The zero-order valence-corrected chi connectivity index (χ0v) is 16.8.